The van der Waals surface area contributed by atoms with Gasteiger partial charge >= 0.3 is 11.9 Å². The summed E-state index contributed by atoms with van der Waals surface area (Å²) >= 11 is 0. The summed E-state index contributed by atoms with van der Waals surface area (Å²) < 4.78 is 34.4. The zero-order valence-electron chi connectivity index (χ0n) is 60.9. The van der Waals surface area contributed by atoms with Crippen LogP contribution in [0.1, 0.15) is 328 Å². The number of rotatable bonds is 70. The van der Waals surface area contributed by atoms with Gasteiger partial charge in [-0.2, -0.15) is 0 Å². The van der Waals surface area contributed by atoms with Gasteiger partial charge in [0, 0.05) is 12.8 Å². The molecule has 0 amide bonds. The summed E-state index contributed by atoms with van der Waals surface area (Å²) in [6, 6.07) is 0. The summed E-state index contributed by atoms with van der Waals surface area (Å²) in [5.41, 5.74) is 0. The summed E-state index contributed by atoms with van der Waals surface area (Å²) in [7, 11) is 1.15. The van der Waals surface area contributed by atoms with Gasteiger partial charge in [-0.15, -0.1) is 0 Å². The van der Waals surface area contributed by atoms with E-state index in [9.17, 15) is 19.0 Å². The molecule has 0 aromatic carbocycles. The van der Waals surface area contributed by atoms with Crippen LogP contribution in [-0.2, 0) is 32.7 Å². The van der Waals surface area contributed by atoms with Gasteiger partial charge in [-0.3, -0.25) is 14.2 Å². The van der Waals surface area contributed by atoms with Crippen LogP contribution in [-0.4, -0.2) is 70.0 Å². The Hall–Kier alpha value is -3.85. The van der Waals surface area contributed by atoms with Crippen LogP contribution in [0.2, 0.25) is 0 Å². The summed E-state index contributed by atoms with van der Waals surface area (Å²) in [6.07, 6.45) is 106. The molecule has 0 aliphatic rings. The van der Waals surface area contributed by atoms with Crippen LogP contribution in [0.25, 0.3) is 0 Å². The first kappa shape index (κ1) is 89.2. The molecule has 0 rings (SSSR count). The summed E-state index contributed by atoms with van der Waals surface area (Å²) in [5, 5.41) is 0. The van der Waals surface area contributed by atoms with Crippen molar-refractivity contribution in [3.8, 4) is 0 Å². The lowest BCUT2D eigenvalue weighted by molar-refractivity contribution is -0.870. The molecule has 0 radical (unpaired) electrons. The average Bonchev–Trinajstić information content (AvgIpc) is 2.30. The van der Waals surface area contributed by atoms with Crippen LogP contribution >= 0.6 is 7.82 Å². The van der Waals surface area contributed by atoms with Crippen LogP contribution in [0.3, 0.4) is 0 Å². The number of nitrogens with zero attached hydrogens (tertiary/aromatic N) is 1. The molecule has 2 atom stereocenters. The van der Waals surface area contributed by atoms with Gasteiger partial charge in [0.1, 0.15) is 19.8 Å². The Balaban J connectivity index is 4.08. The molecule has 0 spiro atoms. The van der Waals surface area contributed by atoms with Crippen molar-refractivity contribution >= 4 is 19.8 Å². The first-order valence-electron chi connectivity index (χ1n) is 38.4. The molecular formula is C83H144NO8P. The van der Waals surface area contributed by atoms with Gasteiger partial charge in [0.2, 0.25) is 0 Å². The Labute approximate surface area is 574 Å². The van der Waals surface area contributed by atoms with Gasteiger partial charge in [-0.25, -0.2) is 0 Å². The number of hydrogen-bond acceptors (Lipinski definition) is 8. The smallest absolute Gasteiger partial charge is 0.306 e. The highest BCUT2D eigenvalue weighted by Crippen LogP contribution is 2.38. The maximum absolute atomic E-state index is 12.9. The van der Waals surface area contributed by atoms with Gasteiger partial charge in [-0.05, 0) is 96.3 Å². The molecule has 0 aromatic heterocycles. The molecule has 9 nitrogen and oxygen atoms in total. The van der Waals surface area contributed by atoms with Crippen LogP contribution in [0, 0.1) is 0 Å². The normalized spacial score (nSPS) is 13.8. The zero-order valence-corrected chi connectivity index (χ0v) is 61.8. The number of likely N-dealkylation sites (N-methyl/N-ethyl adjacent to an activating group) is 1. The lowest BCUT2D eigenvalue weighted by Gasteiger charge is -2.28. The van der Waals surface area contributed by atoms with E-state index >= 15 is 0 Å². The van der Waals surface area contributed by atoms with Gasteiger partial charge in [0.05, 0.1) is 27.7 Å². The fourth-order valence-electron chi connectivity index (χ4n) is 10.6. The van der Waals surface area contributed by atoms with Crippen LogP contribution in [0.5, 0.6) is 0 Å². The number of esters is 2. The number of phosphoric ester groups is 1. The molecule has 0 aromatic rings. The van der Waals surface area contributed by atoms with E-state index in [0.717, 1.165) is 122 Å². The number of hydrogen-bond donors (Lipinski definition) is 0. The number of phosphoric acid groups is 1. The maximum Gasteiger partial charge on any atom is 0.306 e. The second kappa shape index (κ2) is 72.4. The van der Waals surface area contributed by atoms with Gasteiger partial charge in [-0.1, -0.05) is 353 Å². The number of carbonyl (C=O) groups is 2. The van der Waals surface area contributed by atoms with Crippen molar-refractivity contribution in [2.75, 3.05) is 47.5 Å². The predicted octanol–water partition coefficient (Wildman–Crippen LogP) is 24.9. The standard InChI is InChI=1S/C83H144NO8P/c1-6-8-10-12-14-16-18-20-22-24-26-28-30-32-34-36-37-38-39-40-41-42-43-44-45-46-47-48-50-52-54-56-58-60-62-64-66-68-70-72-74-76-83(86)92-81(80-91-93(87,88)90-78-77-84(3,4)5)79-89-82(85)75-73-71-69-67-65-63-61-59-57-55-53-51-49-35-33-31-29-27-25-23-21-19-17-15-13-11-9-7-2/h8,10,14,16,20,22,26,28,32,34,37-38,40-41,43-44,46-47,50,52,56,58,81H,6-7,9,11-13,15,17-19,21,23-25,27,29-31,33,35-36,39,42,45,48-49,51,53-55,57,59-80H2,1-5H3/b10-8-,16-14-,22-20-,28-26-,34-32-,38-37-,41-40-,44-43-,47-46-,52-50-,58-56-. The van der Waals surface area contributed by atoms with Crippen molar-refractivity contribution in [2.24, 2.45) is 0 Å². The summed E-state index contributed by atoms with van der Waals surface area (Å²) in [5.74, 6) is -0.840. The lowest BCUT2D eigenvalue weighted by Crippen LogP contribution is -2.37. The lowest BCUT2D eigenvalue weighted by atomic mass is 10.0. The summed E-state index contributed by atoms with van der Waals surface area (Å²) in [4.78, 5) is 38.1. The molecule has 0 saturated heterocycles. The van der Waals surface area contributed by atoms with Gasteiger partial charge in [0.25, 0.3) is 7.82 Å². The topological polar surface area (TPSA) is 111 Å². The molecule has 0 heterocycles. The van der Waals surface area contributed by atoms with E-state index in [1.807, 2.05) is 21.1 Å². The van der Waals surface area contributed by atoms with Crippen molar-refractivity contribution in [3.05, 3.63) is 134 Å². The third-order valence-corrected chi connectivity index (χ3v) is 17.4. The Morgan fingerprint density at radius 2 is 0.613 bits per heavy atom. The monoisotopic (exact) mass is 1310 g/mol. The van der Waals surface area contributed by atoms with E-state index in [4.69, 9.17) is 18.5 Å². The second-order valence-electron chi connectivity index (χ2n) is 26.6. The molecule has 93 heavy (non-hydrogen) atoms. The Morgan fingerprint density at radius 1 is 0.344 bits per heavy atom. The number of allylic oxidation sites excluding steroid dienone is 22. The van der Waals surface area contributed by atoms with E-state index in [-0.39, 0.29) is 32.0 Å². The van der Waals surface area contributed by atoms with Crippen molar-refractivity contribution in [2.45, 2.75) is 335 Å². The van der Waals surface area contributed by atoms with Crippen LogP contribution in [0.4, 0.5) is 0 Å². The molecule has 10 heteroatoms. The van der Waals surface area contributed by atoms with Crippen molar-refractivity contribution in [1.82, 2.24) is 0 Å². The quantitative estimate of drug-likeness (QED) is 0.0195. The molecule has 0 saturated carbocycles. The number of quaternary nitrogens is 1. The van der Waals surface area contributed by atoms with Crippen LogP contribution in [0.15, 0.2) is 134 Å². The number of ether oxygens (including phenoxy) is 2. The number of carbonyl (C=O) groups excluding carboxylic acids is 2. The SMILES string of the molecule is CC/C=C\C/C=C\C/C=C\C/C=C\C/C=C\C/C=C\C/C=C\C/C=C\C/C=C\C/C=C\C/C=C\CCCCCCCCCC(=O)OC(COC(=O)CCCCCCCCCCCCCCCCCCCCCCCCCCCCCC)COP(=O)([O-])OCC[N+](C)(C)C. The third kappa shape index (κ3) is 77.0. The second-order valence-corrected chi connectivity index (χ2v) is 28.1. The molecule has 0 bridgehead atoms. The van der Waals surface area contributed by atoms with Crippen LogP contribution < -0.4 is 4.89 Å². The van der Waals surface area contributed by atoms with Gasteiger partial charge in [0.15, 0.2) is 6.10 Å². The third-order valence-electron chi connectivity index (χ3n) is 16.4. The fraction of sp³-hybridized carbons (Fsp3) is 0.711. The minimum absolute atomic E-state index is 0.0375. The molecule has 0 aliphatic carbocycles. The molecule has 534 valence electrons. The minimum atomic E-state index is -4.65. The fourth-order valence-corrected chi connectivity index (χ4v) is 11.3. The highest BCUT2D eigenvalue weighted by Gasteiger charge is 2.22. The largest absolute Gasteiger partial charge is 0.756 e. The zero-order chi connectivity index (χ0) is 67.6. The Morgan fingerprint density at radius 3 is 0.914 bits per heavy atom. The van der Waals surface area contributed by atoms with E-state index in [1.165, 1.54) is 173 Å². The van der Waals surface area contributed by atoms with E-state index in [0.29, 0.717) is 17.4 Å². The first-order chi connectivity index (χ1) is 45.5. The minimum Gasteiger partial charge on any atom is -0.756 e. The van der Waals surface area contributed by atoms with Crippen molar-refractivity contribution < 1.29 is 42.1 Å². The van der Waals surface area contributed by atoms with E-state index in [1.54, 1.807) is 0 Å². The maximum atomic E-state index is 12.9. The first-order valence-corrected chi connectivity index (χ1v) is 39.9. The molecule has 0 fully saturated rings. The van der Waals surface area contributed by atoms with Crippen molar-refractivity contribution in [3.63, 3.8) is 0 Å². The van der Waals surface area contributed by atoms with E-state index < -0.39 is 26.5 Å². The van der Waals surface area contributed by atoms with E-state index in [2.05, 4.69) is 148 Å². The molecule has 0 N–H and O–H groups in total. The van der Waals surface area contributed by atoms with Gasteiger partial charge < -0.3 is 27.9 Å². The highest BCUT2D eigenvalue weighted by molar-refractivity contribution is 7.45. The predicted molar refractivity (Wildman–Crippen MR) is 401 cm³/mol. The molecular weight excluding hydrogens is 1170 g/mol. The molecule has 2 unspecified atom stereocenters. The Bertz CT molecular complexity index is 2040. The summed E-state index contributed by atoms with van der Waals surface area (Å²) in [6.45, 7) is 4.15. The Kier molecular flexibility index (Phi) is 69.4. The molecule has 0 aliphatic heterocycles. The van der Waals surface area contributed by atoms with Crippen molar-refractivity contribution in [1.29, 1.82) is 0 Å². The number of unbranched alkanes of at least 4 members (excludes halogenated alkanes) is 34. The average molecular weight is 1320 g/mol. The highest BCUT2D eigenvalue weighted by atomic mass is 31.2.